The van der Waals surface area contributed by atoms with Crippen molar-refractivity contribution in [1.29, 1.82) is 0 Å². The first-order chi connectivity index (χ1) is 10.3. The van der Waals surface area contributed by atoms with Gasteiger partial charge in [0.2, 0.25) is 0 Å². The zero-order valence-corrected chi connectivity index (χ0v) is 11.8. The lowest BCUT2D eigenvalue weighted by molar-refractivity contribution is 0.102. The van der Waals surface area contributed by atoms with Crippen LogP contribution in [0.2, 0.25) is 0 Å². The Labute approximate surface area is 123 Å². The van der Waals surface area contributed by atoms with Crippen molar-refractivity contribution in [3.63, 3.8) is 0 Å². The van der Waals surface area contributed by atoms with Crippen LogP contribution in [0.4, 0.5) is 11.4 Å². The Kier molecular flexibility index (Phi) is 3.92. The van der Waals surface area contributed by atoms with Crippen molar-refractivity contribution in [2.45, 2.75) is 19.4 Å². The van der Waals surface area contributed by atoms with E-state index >= 15 is 0 Å². The fourth-order valence-electron chi connectivity index (χ4n) is 2.61. The summed E-state index contributed by atoms with van der Waals surface area (Å²) in [5.41, 5.74) is 7.89. The predicted molar refractivity (Wildman–Crippen MR) is 82.4 cm³/mol. The van der Waals surface area contributed by atoms with Gasteiger partial charge in [-0.05, 0) is 31.0 Å². The smallest absolute Gasteiger partial charge is 0.258 e. The largest absolute Gasteiger partial charge is 0.467 e. The summed E-state index contributed by atoms with van der Waals surface area (Å²) in [5, 5.41) is 2.96. The molecule has 3 N–H and O–H groups in total. The normalized spacial score (nSPS) is 14.4. The van der Waals surface area contributed by atoms with Gasteiger partial charge in [0.05, 0.1) is 23.5 Å². The number of nitrogens with zero attached hydrogens (tertiary/aromatic N) is 1. The van der Waals surface area contributed by atoms with E-state index < -0.39 is 0 Å². The fraction of sp³-hybridized carbons (Fsp3) is 0.312. The standard InChI is InChI=1S/C16H19N3O2/c17-10-13-9-12(11-21-13)16(20)18-14-5-1-2-6-15(14)19-7-3-4-8-19/h1-2,5-6,9,11H,3-4,7-8,10,17H2,(H,18,20). The number of carbonyl (C=O) groups excluding carboxylic acids is 1. The highest BCUT2D eigenvalue weighted by molar-refractivity contribution is 6.05. The first-order valence-corrected chi connectivity index (χ1v) is 7.21. The maximum atomic E-state index is 12.3. The van der Waals surface area contributed by atoms with Crippen LogP contribution in [0.5, 0.6) is 0 Å². The molecule has 0 aliphatic carbocycles. The first kappa shape index (κ1) is 13.7. The Morgan fingerprint density at radius 3 is 2.76 bits per heavy atom. The van der Waals surface area contributed by atoms with Crippen molar-refractivity contribution in [2.75, 3.05) is 23.3 Å². The fourth-order valence-corrected chi connectivity index (χ4v) is 2.61. The molecule has 0 atom stereocenters. The van der Waals surface area contributed by atoms with Crippen LogP contribution in [0, 0.1) is 0 Å². The minimum absolute atomic E-state index is 0.176. The zero-order chi connectivity index (χ0) is 14.7. The minimum atomic E-state index is -0.176. The van der Waals surface area contributed by atoms with Crippen LogP contribution < -0.4 is 16.0 Å². The third-order valence-electron chi connectivity index (χ3n) is 3.72. The SMILES string of the molecule is NCc1cc(C(=O)Nc2ccccc2N2CCCC2)co1. The van der Waals surface area contributed by atoms with Crippen molar-refractivity contribution < 1.29 is 9.21 Å². The van der Waals surface area contributed by atoms with Crippen molar-refractivity contribution in [3.05, 3.63) is 47.9 Å². The third-order valence-corrected chi connectivity index (χ3v) is 3.72. The number of furan rings is 1. The number of hydrogen-bond acceptors (Lipinski definition) is 4. The van der Waals surface area contributed by atoms with Gasteiger partial charge in [-0.2, -0.15) is 0 Å². The lowest BCUT2D eigenvalue weighted by atomic mass is 10.2. The number of nitrogens with one attached hydrogen (secondary N) is 1. The molecule has 0 radical (unpaired) electrons. The first-order valence-electron chi connectivity index (χ1n) is 7.21. The average molecular weight is 285 g/mol. The van der Waals surface area contributed by atoms with Gasteiger partial charge >= 0.3 is 0 Å². The van der Waals surface area contributed by atoms with Gasteiger partial charge in [0.1, 0.15) is 12.0 Å². The number of amides is 1. The molecule has 1 amide bonds. The molecule has 2 aromatic rings. The molecule has 1 aromatic carbocycles. The Balaban J connectivity index is 1.79. The molecule has 2 heterocycles. The van der Waals surface area contributed by atoms with E-state index in [4.69, 9.17) is 10.2 Å². The summed E-state index contributed by atoms with van der Waals surface area (Å²) in [7, 11) is 0. The Bertz CT molecular complexity index is 630. The quantitative estimate of drug-likeness (QED) is 0.905. The van der Waals surface area contributed by atoms with Gasteiger partial charge in [-0.25, -0.2) is 0 Å². The van der Waals surface area contributed by atoms with E-state index in [1.165, 1.54) is 19.1 Å². The molecule has 1 aromatic heterocycles. The minimum Gasteiger partial charge on any atom is -0.467 e. The molecule has 1 saturated heterocycles. The lowest BCUT2D eigenvalue weighted by Crippen LogP contribution is -2.21. The molecule has 5 nitrogen and oxygen atoms in total. The third kappa shape index (κ3) is 2.92. The molecule has 0 unspecified atom stereocenters. The summed E-state index contributed by atoms with van der Waals surface area (Å²) in [6, 6.07) is 9.56. The van der Waals surface area contributed by atoms with Gasteiger partial charge in [0.15, 0.2) is 0 Å². The van der Waals surface area contributed by atoms with Gasteiger partial charge in [0.25, 0.3) is 5.91 Å². The van der Waals surface area contributed by atoms with Crippen molar-refractivity contribution in [2.24, 2.45) is 5.73 Å². The number of nitrogens with two attached hydrogens (primary N) is 1. The highest BCUT2D eigenvalue weighted by Gasteiger charge is 2.17. The summed E-state index contributed by atoms with van der Waals surface area (Å²) in [5.74, 6) is 0.429. The van der Waals surface area contributed by atoms with Crippen LogP contribution in [-0.4, -0.2) is 19.0 Å². The van der Waals surface area contributed by atoms with E-state index in [-0.39, 0.29) is 12.5 Å². The Hall–Kier alpha value is -2.27. The van der Waals surface area contributed by atoms with E-state index in [0.717, 1.165) is 24.5 Å². The molecule has 1 aliphatic rings. The number of benzene rings is 1. The summed E-state index contributed by atoms with van der Waals surface area (Å²) in [6.07, 6.45) is 3.84. The van der Waals surface area contributed by atoms with Gasteiger partial charge in [-0.1, -0.05) is 12.1 Å². The Morgan fingerprint density at radius 1 is 1.29 bits per heavy atom. The highest BCUT2D eigenvalue weighted by atomic mass is 16.3. The van der Waals surface area contributed by atoms with E-state index in [9.17, 15) is 4.79 Å². The molecule has 0 saturated carbocycles. The van der Waals surface area contributed by atoms with E-state index in [1.54, 1.807) is 6.07 Å². The second kappa shape index (κ2) is 6.01. The topological polar surface area (TPSA) is 71.5 Å². The second-order valence-corrected chi connectivity index (χ2v) is 5.17. The van der Waals surface area contributed by atoms with Crippen LogP contribution in [0.25, 0.3) is 0 Å². The van der Waals surface area contributed by atoms with E-state index in [0.29, 0.717) is 11.3 Å². The molecule has 21 heavy (non-hydrogen) atoms. The van der Waals surface area contributed by atoms with Gasteiger partial charge in [-0.15, -0.1) is 0 Å². The number of anilines is 2. The van der Waals surface area contributed by atoms with Crippen molar-refractivity contribution in [3.8, 4) is 0 Å². The summed E-state index contributed by atoms with van der Waals surface area (Å²) < 4.78 is 5.21. The van der Waals surface area contributed by atoms with Gasteiger partial charge in [-0.3, -0.25) is 4.79 Å². The van der Waals surface area contributed by atoms with Crippen LogP contribution >= 0.6 is 0 Å². The molecule has 1 aliphatic heterocycles. The molecule has 5 heteroatoms. The maximum Gasteiger partial charge on any atom is 0.258 e. The molecular formula is C16H19N3O2. The molecular weight excluding hydrogens is 266 g/mol. The van der Waals surface area contributed by atoms with Crippen molar-refractivity contribution >= 4 is 17.3 Å². The molecule has 3 rings (SSSR count). The van der Waals surface area contributed by atoms with Crippen LogP contribution in [-0.2, 0) is 6.54 Å². The summed E-state index contributed by atoms with van der Waals surface area (Å²) in [6.45, 7) is 2.36. The molecule has 110 valence electrons. The van der Waals surface area contributed by atoms with Gasteiger partial charge < -0.3 is 20.4 Å². The van der Waals surface area contributed by atoms with Crippen LogP contribution in [0.15, 0.2) is 41.0 Å². The summed E-state index contributed by atoms with van der Waals surface area (Å²) >= 11 is 0. The predicted octanol–water partition coefficient (Wildman–Crippen LogP) is 2.59. The monoisotopic (exact) mass is 285 g/mol. The average Bonchev–Trinajstić information content (AvgIpc) is 3.19. The Morgan fingerprint density at radius 2 is 2.05 bits per heavy atom. The highest BCUT2D eigenvalue weighted by Crippen LogP contribution is 2.29. The van der Waals surface area contributed by atoms with Crippen LogP contribution in [0.1, 0.15) is 29.0 Å². The zero-order valence-electron chi connectivity index (χ0n) is 11.8. The lowest BCUT2D eigenvalue weighted by Gasteiger charge is -2.21. The molecule has 0 bridgehead atoms. The van der Waals surface area contributed by atoms with E-state index in [1.807, 2.05) is 24.3 Å². The molecule has 0 spiro atoms. The number of rotatable bonds is 4. The summed E-state index contributed by atoms with van der Waals surface area (Å²) in [4.78, 5) is 14.6. The van der Waals surface area contributed by atoms with Crippen LogP contribution in [0.3, 0.4) is 0 Å². The molecule has 1 fully saturated rings. The maximum absolute atomic E-state index is 12.3. The number of carbonyl (C=O) groups is 1. The van der Waals surface area contributed by atoms with Gasteiger partial charge in [0, 0.05) is 13.1 Å². The number of hydrogen-bond donors (Lipinski definition) is 2. The number of para-hydroxylation sites is 2. The van der Waals surface area contributed by atoms with Crippen molar-refractivity contribution in [1.82, 2.24) is 0 Å². The van der Waals surface area contributed by atoms with E-state index in [2.05, 4.69) is 10.2 Å². The second-order valence-electron chi connectivity index (χ2n) is 5.17.